The van der Waals surface area contributed by atoms with E-state index in [1.165, 1.54) is 29.4 Å². The normalized spacial score (nSPS) is 11.4. The molecule has 0 fully saturated rings. The Hall–Kier alpha value is -1.94. The lowest BCUT2D eigenvalue weighted by atomic mass is 10.4. The van der Waals surface area contributed by atoms with E-state index in [-0.39, 0.29) is 23.3 Å². The fraction of sp³-hybridized carbons (Fsp3) is 0.364. The van der Waals surface area contributed by atoms with Crippen LogP contribution in [0.3, 0.4) is 0 Å². The van der Waals surface area contributed by atoms with Gasteiger partial charge in [0.05, 0.1) is 0 Å². The first kappa shape index (κ1) is 15.4. The highest BCUT2D eigenvalue weighted by Gasteiger charge is 2.21. The number of nitrogens with zero attached hydrogens (tertiary/aromatic N) is 3. The van der Waals surface area contributed by atoms with E-state index in [0.29, 0.717) is 4.88 Å². The van der Waals surface area contributed by atoms with Crippen molar-refractivity contribution in [1.29, 1.82) is 0 Å². The van der Waals surface area contributed by atoms with Gasteiger partial charge in [0.1, 0.15) is 17.8 Å². The second-order valence-electron chi connectivity index (χ2n) is 4.32. The lowest BCUT2D eigenvalue weighted by molar-refractivity contribution is -0.121. The molecule has 0 aliphatic rings. The average molecular weight is 329 g/mol. The number of aryl methyl sites for hydroxylation is 2. The molecule has 0 aliphatic heterocycles. The Morgan fingerprint density at radius 2 is 2.14 bits per heavy atom. The van der Waals surface area contributed by atoms with E-state index in [1.54, 1.807) is 13.0 Å². The van der Waals surface area contributed by atoms with Crippen LogP contribution in [-0.4, -0.2) is 36.1 Å². The Morgan fingerprint density at radius 3 is 2.71 bits per heavy atom. The Morgan fingerprint density at radius 1 is 1.43 bits per heavy atom. The van der Waals surface area contributed by atoms with Crippen LogP contribution in [-0.2, 0) is 21.4 Å². The van der Waals surface area contributed by atoms with E-state index in [4.69, 9.17) is 0 Å². The fourth-order valence-corrected chi connectivity index (χ4v) is 4.20. The number of hydrogen-bond donors (Lipinski definition) is 2. The molecule has 114 valence electrons. The molecule has 21 heavy (non-hydrogen) atoms. The number of anilines is 1. The van der Waals surface area contributed by atoms with Crippen molar-refractivity contribution >= 4 is 33.2 Å². The van der Waals surface area contributed by atoms with Gasteiger partial charge in [-0.1, -0.05) is 0 Å². The van der Waals surface area contributed by atoms with Gasteiger partial charge in [-0.3, -0.25) is 4.79 Å². The van der Waals surface area contributed by atoms with Crippen LogP contribution in [0.25, 0.3) is 0 Å². The number of thiophene rings is 1. The van der Waals surface area contributed by atoms with E-state index in [1.807, 2.05) is 6.92 Å². The van der Waals surface area contributed by atoms with E-state index < -0.39 is 10.0 Å². The van der Waals surface area contributed by atoms with Crippen LogP contribution in [0.5, 0.6) is 0 Å². The lowest BCUT2D eigenvalue weighted by Gasteiger charge is -2.03. The van der Waals surface area contributed by atoms with E-state index in [2.05, 4.69) is 20.1 Å². The molecule has 2 N–H and O–H groups in total. The van der Waals surface area contributed by atoms with Gasteiger partial charge in [-0.2, -0.15) is 4.98 Å². The van der Waals surface area contributed by atoms with Gasteiger partial charge >= 0.3 is 0 Å². The highest BCUT2D eigenvalue weighted by Crippen LogP contribution is 2.25. The van der Waals surface area contributed by atoms with Crippen molar-refractivity contribution in [3.05, 3.63) is 22.1 Å². The summed E-state index contributed by atoms with van der Waals surface area (Å²) in [5.74, 6) is -0.319. The summed E-state index contributed by atoms with van der Waals surface area (Å²) in [5.41, 5.74) is 0. The van der Waals surface area contributed by atoms with E-state index in [9.17, 15) is 13.2 Å². The standard InChI is InChI=1S/C11H15N5O3S2/c1-7-4-9(8(2)20-7)21(18,19)15-11-13-6-16(14-11)5-10(17)12-3/h4,6H,5H2,1-3H3,(H,12,17)(H,14,15). The molecule has 10 heteroatoms. The Kier molecular flexibility index (Phi) is 4.28. The molecule has 2 aromatic heterocycles. The number of likely N-dealkylation sites (N-methyl/N-ethyl adjacent to an activating group) is 1. The van der Waals surface area contributed by atoms with Crippen LogP contribution < -0.4 is 10.0 Å². The predicted octanol–water partition coefficient (Wildman–Crippen LogP) is 0.503. The molecule has 1 amide bonds. The fourth-order valence-electron chi connectivity index (χ4n) is 1.69. The molecule has 2 aromatic rings. The summed E-state index contributed by atoms with van der Waals surface area (Å²) in [7, 11) is -2.22. The minimum Gasteiger partial charge on any atom is -0.358 e. The van der Waals surface area contributed by atoms with Gasteiger partial charge in [-0.25, -0.2) is 17.8 Å². The van der Waals surface area contributed by atoms with Crippen molar-refractivity contribution in [2.45, 2.75) is 25.3 Å². The summed E-state index contributed by atoms with van der Waals surface area (Å²) in [6, 6.07) is 1.60. The highest BCUT2D eigenvalue weighted by atomic mass is 32.2. The molecule has 2 rings (SSSR count). The van der Waals surface area contributed by atoms with Crippen molar-refractivity contribution in [2.24, 2.45) is 0 Å². The minimum absolute atomic E-state index is 0.0260. The number of rotatable bonds is 5. The molecule has 0 saturated heterocycles. The zero-order valence-electron chi connectivity index (χ0n) is 11.7. The maximum Gasteiger partial charge on any atom is 0.265 e. The van der Waals surface area contributed by atoms with Crippen LogP contribution >= 0.6 is 11.3 Å². The summed E-state index contributed by atoms with van der Waals surface area (Å²) in [6.07, 6.45) is 1.29. The van der Waals surface area contributed by atoms with Gasteiger partial charge in [0.25, 0.3) is 16.0 Å². The first-order valence-corrected chi connectivity index (χ1v) is 8.31. The van der Waals surface area contributed by atoms with Crippen LogP contribution in [0.4, 0.5) is 5.95 Å². The van der Waals surface area contributed by atoms with Gasteiger partial charge in [-0.05, 0) is 19.9 Å². The summed E-state index contributed by atoms with van der Waals surface area (Å²) in [6.45, 7) is 3.55. The van der Waals surface area contributed by atoms with Crippen LogP contribution in [0.2, 0.25) is 0 Å². The van der Waals surface area contributed by atoms with E-state index in [0.717, 1.165) is 4.88 Å². The molecule has 0 bridgehead atoms. The molecule has 8 nitrogen and oxygen atoms in total. The SMILES string of the molecule is CNC(=O)Cn1cnc(NS(=O)(=O)c2cc(C)sc2C)n1. The largest absolute Gasteiger partial charge is 0.358 e. The van der Waals surface area contributed by atoms with Gasteiger partial charge in [0.15, 0.2) is 0 Å². The van der Waals surface area contributed by atoms with Gasteiger partial charge in [0, 0.05) is 16.8 Å². The van der Waals surface area contributed by atoms with Gasteiger partial charge < -0.3 is 5.32 Å². The zero-order chi connectivity index (χ0) is 15.6. The quantitative estimate of drug-likeness (QED) is 0.831. The smallest absolute Gasteiger partial charge is 0.265 e. The third-order valence-electron chi connectivity index (χ3n) is 2.63. The monoisotopic (exact) mass is 329 g/mol. The molecule has 0 spiro atoms. The number of carbonyl (C=O) groups excluding carboxylic acids is 1. The van der Waals surface area contributed by atoms with Crippen molar-refractivity contribution in [3.8, 4) is 0 Å². The molecule has 2 heterocycles. The summed E-state index contributed by atoms with van der Waals surface area (Å²) in [5, 5.41) is 6.35. The number of sulfonamides is 1. The first-order valence-electron chi connectivity index (χ1n) is 6.01. The van der Waals surface area contributed by atoms with Crippen LogP contribution in [0.1, 0.15) is 9.75 Å². The summed E-state index contributed by atoms with van der Waals surface area (Å²) < 4.78 is 28.1. The van der Waals surface area contributed by atoms with E-state index >= 15 is 0 Å². The minimum atomic E-state index is -3.72. The Bertz CT molecular complexity index is 763. The van der Waals surface area contributed by atoms with Crippen LogP contribution in [0, 0.1) is 13.8 Å². The number of hydrogen-bond acceptors (Lipinski definition) is 6. The molecule has 0 aromatic carbocycles. The number of carbonyl (C=O) groups is 1. The molecule has 0 atom stereocenters. The lowest BCUT2D eigenvalue weighted by Crippen LogP contribution is -2.23. The topological polar surface area (TPSA) is 106 Å². The van der Waals surface area contributed by atoms with Gasteiger partial charge in [0.2, 0.25) is 5.91 Å². The predicted molar refractivity (Wildman–Crippen MR) is 78.7 cm³/mol. The van der Waals surface area contributed by atoms with Crippen molar-refractivity contribution < 1.29 is 13.2 Å². The Labute approximate surface area is 126 Å². The third-order valence-corrected chi connectivity index (χ3v) is 5.18. The third kappa shape index (κ3) is 3.58. The second kappa shape index (κ2) is 5.82. The van der Waals surface area contributed by atoms with Crippen molar-refractivity contribution in [1.82, 2.24) is 20.1 Å². The van der Waals surface area contributed by atoms with Crippen LogP contribution in [0.15, 0.2) is 17.3 Å². The van der Waals surface area contributed by atoms with Crippen molar-refractivity contribution in [2.75, 3.05) is 11.8 Å². The number of aromatic nitrogens is 3. The Balaban J connectivity index is 2.18. The van der Waals surface area contributed by atoms with Gasteiger partial charge in [-0.15, -0.1) is 16.4 Å². The summed E-state index contributed by atoms with van der Waals surface area (Å²) >= 11 is 1.41. The first-order chi connectivity index (χ1) is 9.81. The summed E-state index contributed by atoms with van der Waals surface area (Å²) in [4.78, 5) is 16.9. The zero-order valence-corrected chi connectivity index (χ0v) is 13.4. The number of amides is 1. The highest BCUT2D eigenvalue weighted by molar-refractivity contribution is 7.92. The second-order valence-corrected chi connectivity index (χ2v) is 7.43. The molecule has 0 aliphatic carbocycles. The molecular weight excluding hydrogens is 314 g/mol. The maximum atomic E-state index is 12.3. The maximum absolute atomic E-state index is 12.3. The molecule has 0 unspecified atom stereocenters. The van der Waals surface area contributed by atoms with Crippen molar-refractivity contribution in [3.63, 3.8) is 0 Å². The molecular formula is C11H15N5O3S2. The molecule has 0 saturated carbocycles. The number of nitrogens with one attached hydrogen (secondary N) is 2. The average Bonchev–Trinajstić information content (AvgIpc) is 2.95. The molecule has 0 radical (unpaired) electrons.